The standard InChI is InChI=1S/C13H15NO6S/c15-12(16)9-20-11-3-1-2-10(8-11)13(17)14-4-6-21(18,19)7-5-14/h1-3,8H,4-7,9H2,(H,15,16). The van der Waals surface area contributed by atoms with Crippen molar-refractivity contribution in [3.63, 3.8) is 0 Å². The number of carbonyl (C=O) groups is 2. The molecule has 2 rings (SSSR count). The first kappa shape index (κ1) is 15.3. The molecule has 7 nitrogen and oxygen atoms in total. The lowest BCUT2D eigenvalue weighted by Crippen LogP contribution is -2.43. The second-order valence-corrected chi connectivity index (χ2v) is 6.96. The first-order valence-corrected chi connectivity index (χ1v) is 8.14. The van der Waals surface area contributed by atoms with E-state index < -0.39 is 22.4 Å². The Morgan fingerprint density at radius 3 is 2.52 bits per heavy atom. The molecular weight excluding hydrogens is 298 g/mol. The summed E-state index contributed by atoms with van der Waals surface area (Å²) in [7, 11) is -3.04. The molecule has 1 aromatic carbocycles. The van der Waals surface area contributed by atoms with E-state index in [2.05, 4.69) is 0 Å². The van der Waals surface area contributed by atoms with Crippen molar-refractivity contribution in [2.75, 3.05) is 31.2 Å². The van der Waals surface area contributed by atoms with Crippen LogP contribution in [0.3, 0.4) is 0 Å². The van der Waals surface area contributed by atoms with Gasteiger partial charge in [-0.25, -0.2) is 13.2 Å². The zero-order valence-corrected chi connectivity index (χ0v) is 12.0. The largest absolute Gasteiger partial charge is 0.482 e. The number of nitrogens with zero attached hydrogens (tertiary/aromatic N) is 1. The molecule has 0 saturated carbocycles. The van der Waals surface area contributed by atoms with Crippen LogP contribution >= 0.6 is 0 Å². The van der Waals surface area contributed by atoms with Crippen molar-refractivity contribution in [3.05, 3.63) is 29.8 Å². The van der Waals surface area contributed by atoms with Gasteiger partial charge in [0, 0.05) is 18.7 Å². The molecule has 114 valence electrons. The minimum atomic E-state index is -3.04. The average molecular weight is 313 g/mol. The van der Waals surface area contributed by atoms with Crippen molar-refractivity contribution in [2.24, 2.45) is 0 Å². The predicted octanol–water partition coefficient (Wildman–Crippen LogP) is 0.0206. The summed E-state index contributed by atoms with van der Waals surface area (Å²) in [6, 6.07) is 6.18. The molecule has 0 radical (unpaired) electrons. The number of ether oxygens (including phenoxy) is 1. The maximum atomic E-state index is 12.3. The molecule has 1 fully saturated rings. The Morgan fingerprint density at radius 2 is 1.90 bits per heavy atom. The Morgan fingerprint density at radius 1 is 1.24 bits per heavy atom. The second kappa shape index (κ2) is 6.13. The van der Waals surface area contributed by atoms with Crippen LogP contribution in [0, 0.1) is 0 Å². The van der Waals surface area contributed by atoms with E-state index in [-0.39, 0.29) is 36.3 Å². The number of carboxylic acid groups (broad SMARTS) is 1. The fourth-order valence-corrected chi connectivity index (χ4v) is 3.16. The molecule has 21 heavy (non-hydrogen) atoms. The minimum absolute atomic E-state index is 0.0338. The molecule has 0 aliphatic carbocycles. The van der Waals surface area contributed by atoms with Crippen LogP contribution in [-0.4, -0.2) is 61.5 Å². The fourth-order valence-electron chi connectivity index (χ4n) is 1.96. The lowest BCUT2D eigenvalue weighted by molar-refractivity contribution is -0.139. The zero-order chi connectivity index (χ0) is 15.5. The van der Waals surface area contributed by atoms with Crippen molar-refractivity contribution >= 4 is 21.7 Å². The highest BCUT2D eigenvalue weighted by molar-refractivity contribution is 7.91. The highest BCUT2D eigenvalue weighted by Gasteiger charge is 2.25. The molecule has 1 amide bonds. The zero-order valence-electron chi connectivity index (χ0n) is 11.2. The summed E-state index contributed by atoms with van der Waals surface area (Å²) in [5.41, 5.74) is 0.345. The number of sulfone groups is 1. The van der Waals surface area contributed by atoms with Crippen molar-refractivity contribution in [3.8, 4) is 5.75 Å². The minimum Gasteiger partial charge on any atom is -0.482 e. The van der Waals surface area contributed by atoms with Gasteiger partial charge in [-0.05, 0) is 18.2 Å². The van der Waals surface area contributed by atoms with Gasteiger partial charge in [0.05, 0.1) is 11.5 Å². The van der Waals surface area contributed by atoms with Crippen LogP contribution in [0.2, 0.25) is 0 Å². The van der Waals surface area contributed by atoms with Crippen molar-refractivity contribution in [1.29, 1.82) is 0 Å². The number of carboxylic acids is 1. The van der Waals surface area contributed by atoms with Crippen LogP contribution in [0.1, 0.15) is 10.4 Å². The number of rotatable bonds is 4. The third kappa shape index (κ3) is 4.19. The van der Waals surface area contributed by atoms with Crippen molar-refractivity contribution in [1.82, 2.24) is 4.90 Å². The van der Waals surface area contributed by atoms with Gasteiger partial charge in [-0.15, -0.1) is 0 Å². The second-order valence-electron chi connectivity index (χ2n) is 4.65. The van der Waals surface area contributed by atoms with Crippen LogP contribution in [0.25, 0.3) is 0 Å². The first-order chi connectivity index (χ1) is 9.87. The maximum absolute atomic E-state index is 12.3. The summed E-state index contributed by atoms with van der Waals surface area (Å²) in [5.74, 6) is -1.17. The molecule has 1 aliphatic rings. The Balaban J connectivity index is 2.06. The lowest BCUT2D eigenvalue weighted by atomic mass is 10.2. The quantitative estimate of drug-likeness (QED) is 0.841. The van der Waals surface area contributed by atoms with E-state index in [1.807, 2.05) is 0 Å². The molecule has 0 unspecified atom stereocenters. The van der Waals surface area contributed by atoms with E-state index in [0.717, 1.165) is 0 Å². The lowest BCUT2D eigenvalue weighted by Gasteiger charge is -2.26. The number of aliphatic carboxylic acids is 1. The maximum Gasteiger partial charge on any atom is 0.341 e. The van der Waals surface area contributed by atoms with E-state index in [4.69, 9.17) is 9.84 Å². The van der Waals surface area contributed by atoms with Gasteiger partial charge in [0.1, 0.15) is 5.75 Å². The van der Waals surface area contributed by atoms with Crippen molar-refractivity contribution in [2.45, 2.75) is 0 Å². The molecule has 0 atom stereocenters. The van der Waals surface area contributed by atoms with E-state index in [0.29, 0.717) is 5.56 Å². The first-order valence-electron chi connectivity index (χ1n) is 6.32. The summed E-state index contributed by atoms with van der Waals surface area (Å²) in [4.78, 5) is 24.2. The number of hydrogen-bond donors (Lipinski definition) is 1. The molecule has 1 aromatic rings. The monoisotopic (exact) mass is 313 g/mol. The summed E-state index contributed by atoms with van der Waals surface area (Å²) < 4.78 is 27.7. The van der Waals surface area contributed by atoms with Gasteiger partial charge in [-0.1, -0.05) is 6.07 Å². The molecule has 0 aromatic heterocycles. The number of benzene rings is 1. The predicted molar refractivity (Wildman–Crippen MR) is 74.1 cm³/mol. The van der Waals surface area contributed by atoms with Crippen molar-refractivity contribution < 1.29 is 27.9 Å². The Labute approximate surface area is 122 Å². The molecule has 1 N–H and O–H groups in total. The molecule has 8 heteroatoms. The molecule has 1 aliphatic heterocycles. The molecular formula is C13H15NO6S. The summed E-state index contributed by atoms with van der Waals surface area (Å²) in [6.07, 6.45) is 0. The third-order valence-electron chi connectivity index (χ3n) is 3.07. The Bertz CT molecular complexity index is 640. The van der Waals surface area contributed by atoms with Crippen LogP contribution < -0.4 is 4.74 Å². The number of carbonyl (C=O) groups excluding carboxylic acids is 1. The van der Waals surface area contributed by atoms with E-state index in [1.54, 1.807) is 18.2 Å². The van der Waals surface area contributed by atoms with Gasteiger partial charge in [0.2, 0.25) is 0 Å². The Hall–Kier alpha value is -2.09. The van der Waals surface area contributed by atoms with E-state index >= 15 is 0 Å². The number of hydrogen-bond acceptors (Lipinski definition) is 5. The number of amides is 1. The molecule has 0 bridgehead atoms. The fraction of sp³-hybridized carbons (Fsp3) is 0.385. The topological polar surface area (TPSA) is 101 Å². The van der Waals surface area contributed by atoms with E-state index in [1.165, 1.54) is 11.0 Å². The van der Waals surface area contributed by atoms with Gasteiger partial charge in [-0.3, -0.25) is 4.79 Å². The normalized spacial score (nSPS) is 17.2. The van der Waals surface area contributed by atoms with Crippen LogP contribution in [0.4, 0.5) is 0 Å². The molecule has 1 saturated heterocycles. The third-order valence-corrected chi connectivity index (χ3v) is 4.68. The van der Waals surface area contributed by atoms with E-state index in [9.17, 15) is 18.0 Å². The molecule has 1 heterocycles. The summed E-state index contributed by atoms with van der Waals surface area (Å²) in [6.45, 7) is -0.150. The van der Waals surface area contributed by atoms with Gasteiger partial charge in [-0.2, -0.15) is 0 Å². The summed E-state index contributed by atoms with van der Waals surface area (Å²) >= 11 is 0. The molecule has 0 spiro atoms. The highest BCUT2D eigenvalue weighted by Crippen LogP contribution is 2.16. The SMILES string of the molecule is O=C(O)COc1cccc(C(=O)N2CCS(=O)(=O)CC2)c1. The van der Waals surface area contributed by atoms with Gasteiger partial charge in [0.25, 0.3) is 5.91 Å². The van der Waals surface area contributed by atoms with Crippen LogP contribution in [0.15, 0.2) is 24.3 Å². The highest BCUT2D eigenvalue weighted by atomic mass is 32.2. The smallest absolute Gasteiger partial charge is 0.341 e. The van der Waals surface area contributed by atoms with Gasteiger partial charge < -0.3 is 14.7 Å². The van der Waals surface area contributed by atoms with Gasteiger partial charge >= 0.3 is 5.97 Å². The summed E-state index contributed by atoms with van der Waals surface area (Å²) in [5, 5.41) is 8.55. The Kier molecular flexibility index (Phi) is 4.46. The van der Waals surface area contributed by atoms with Gasteiger partial charge in [0.15, 0.2) is 16.4 Å². The average Bonchev–Trinajstić information content (AvgIpc) is 2.45. The van der Waals surface area contributed by atoms with Crippen LogP contribution in [-0.2, 0) is 14.6 Å². The van der Waals surface area contributed by atoms with Crippen LogP contribution in [0.5, 0.6) is 5.75 Å².